The summed E-state index contributed by atoms with van der Waals surface area (Å²) in [6, 6.07) is -0.669. The lowest BCUT2D eigenvalue weighted by Crippen LogP contribution is -2.50. The molecule has 2 saturated heterocycles. The Labute approximate surface area is 110 Å². The Kier molecular flexibility index (Phi) is 3.23. The molecule has 3 fully saturated rings. The van der Waals surface area contributed by atoms with E-state index >= 15 is 0 Å². The first-order chi connectivity index (χ1) is 8.68. The van der Waals surface area contributed by atoms with Crippen LogP contribution in [0.2, 0.25) is 0 Å². The first kappa shape index (κ1) is 12.3. The van der Waals surface area contributed by atoms with Gasteiger partial charge in [-0.3, -0.25) is 4.79 Å². The van der Waals surface area contributed by atoms with Crippen molar-refractivity contribution in [3.05, 3.63) is 0 Å². The Balaban J connectivity index is 1.78. The molecule has 0 aromatic rings. The van der Waals surface area contributed by atoms with E-state index in [-0.39, 0.29) is 11.3 Å². The van der Waals surface area contributed by atoms with Crippen molar-refractivity contribution in [2.45, 2.75) is 43.2 Å². The summed E-state index contributed by atoms with van der Waals surface area (Å²) < 4.78 is 5.41. The number of ether oxygens (including phenoxy) is 1. The fourth-order valence-corrected chi connectivity index (χ4v) is 4.32. The highest BCUT2D eigenvalue weighted by Gasteiger charge is 2.49. The van der Waals surface area contributed by atoms with Crippen molar-refractivity contribution in [2.24, 2.45) is 5.92 Å². The lowest BCUT2D eigenvalue weighted by atomic mass is 10.1. The first-order valence-electron chi connectivity index (χ1n) is 6.46. The van der Waals surface area contributed by atoms with E-state index in [0.717, 1.165) is 25.7 Å². The molecule has 1 saturated carbocycles. The second-order valence-electron chi connectivity index (χ2n) is 5.16. The molecule has 2 unspecified atom stereocenters. The zero-order valence-corrected chi connectivity index (χ0v) is 10.9. The lowest BCUT2D eigenvalue weighted by Gasteiger charge is -2.29. The van der Waals surface area contributed by atoms with Crippen LogP contribution in [0.1, 0.15) is 25.7 Å². The van der Waals surface area contributed by atoms with Gasteiger partial charge in [0.2, 0.25) is 0 Å². The molecule has 0 bridgehead atoms. The number of carboxylic acid groups (broad SMARTS) is 1. The third kappa shape index (κ3) is 2.12. The second kappa shape index (κ2) is 4.74. The smallest absolute Gasteiger partial charge is 0.327 e. The van der Waals surface area contributed by atoms with Crippen LogP contribution in [-0.2, 0) is 14.3 Å². The number of amides is 1. The minimum Gasteiger partial charge on any atom is -0.480 e. The second-order valence-corrected chi connectivity index (χ2v) is 6.31. The molecule has 0 aromatic heterocycles. The molecule has 0 spiro atoms. The predicted molar refractivity (Wildman–Crippen MR) is 66.2 cm³/mol. The number of thioether (sulfide) groups is 1. The van der Waals surface area contributed by atoms with Crippen LogP contribution >= 0.6 is 11.8 Å². The molecule has 2 aliphatic heterocycles. The van der Waals surface area contributed by atoms with Crippen LogP contribution in [0.3, 0.4) is 0 Å². The minimum absolute atomic E-state index is 0.0581. The maximum Gasteiger partial charge on any atom is 0.327 e. The third-order valence-corrected chi connectivity index (χ3v) is 5.27. The number of aliphatic carboxylic acids is 1. The Hall–Kier alpha value is -0.750. The van der Waals surface area contributed by atoms with E-state index in [4.69, 9.17) is 4.74 Å². The summed E-state index contributed by atoms with van der Waals surface area (Å²) in [5, 5.41) is 9.31. The van der Waals surface area contributed by atoms with Crippen molar-refractivity contribution in [2.75, 3.05) is 12.4 Å². The van der Waals surface area contributed by atoms with Gasteiger partial charge in [-0.2, -0.15) is 0 Å². The number of hydrogen-bond acceptors (Lipinski definition) is 4. The molecule has 6 heteroatoms. The molecular formula is C12H17NO4S. The van der Waals surface area contributed by atoms with Gasteiger partial charge in [0.1, 0.15) is 12.1 Å². The van der Waals surface area contributed by atoms with Crippen molar-refractivity contribution in [1.29, 1.82) is 0 Å². The quantitative estimate of drug-likeness (QED) is 0.827. The SMILES string of the molecule is O=C(O)C1CSC(C2CC2)N1C(=O)[C@H]1CCCO1. The zero-order chi connectivity index (χ0) is 12.7. The minimum atomic E-state index is -0.892. The Morgan fingerprint density at radius 2 is 2.06 bits per heavy atom. The van der Waals surface area contributed by atoms with Crippen LogP contribution in [0, 0.1) is 5.92 Å². The lowest BCUT2D eigenvalue weighted by molar-refractivity contribution is -0.153. The molecular weight excluding hydrogens is 254 g/mol. The summed E-state index contributed by atoms with van der Waals surface area (Å²) in [5.41, 5.74) is 0. The van der Waals surface area contributed by atoms with E-state index in [1.54, 1.807) is 16.7 Å². The Morgan fingerprint density at radius 1 is 1.28 bits per heavy atom. The van der Waals surface area contributed by atoms with Crippen molar-refractivity contribution >= 4 is 23.6 Å². The fourth-order valence-electron chi connectivity index (χ4n) is 2.68. The van der Waals surface area contributed by atoms with Gasteiger partial charge >= 0.3 is 5.97 Å². The molecule has 0 radical (unpaired) electrons. The molecule has 2 heterocycles. The van der Waals surface area contributed by atoms with Crippen molar-refractivity contribution in [3.8, 4) is 0 Å². The normalized spacial score (nSPS) is 36.0. The largest absolute Gasteiger partial charge is 0.480 e. The maximum absolute atomic E-state index is 12.4. The molecule has 3 atom stereocenters. The van der Waals surface area contributed by atoms with Gasteiger partial charge in [0, 0.05) is 12.4 Å². The van der Waals surface area contributed by atoms with E-state index in [9.17, 15) is 14.7 Å². The van der Waals surface area contributed by atoms with E-state index < -0.39 is 18.1 Å². The summed E-state index contributed by atoms with van der Waals surface area (Å²) in [5.74, 6) is -0.00176. The molecule has 18 heavy (non-hydrogen) atoms. The highest BCUT2D eigenvalue weighted by atomic mass is 32.2. The molecule has 1 N–H and O–H groups in total. The maximum atomic E-state index is 12.4. The molecule has 1 aliphatic carbocycles. The summed E-state index contributed by atoms with van der Waals surface area (Å²) >= 11 is 1.61. The van der Waals surface area contributed by atoms with Crippen LogP contribution in [-0.4, -0.2) is 51.8 Å². The topological polar surface area (TPSA) is 66.8 Å². The summed E-state index contributed by atoms with van der Waals surface area (Å²) in [6.45, 7) is 0.614. The average Bonchev–Trinajstić information content (AvgIpc) is 2.91. The van der Waals surface area contributed by atoms with Crippen LogP contribution in [0.4, 0.5) is 0 Å². The molecule has 1 amide bonds. The van der Waals surface area contributed by atoms with Crippen LogP contribution in [0.25, 0.3) is 0 Å². The molecule has 100 valence electrons. The van der Waals surface area contributed by atoms with Gasteiger partial charge in [0.15, 0.2) is 0 Å². The van der Waals surface area contributed by atoms with Crippen LogP contribution in [0.5, 0.6) is 0 Å². The number of carbonyl (C=O) groups is 2. The van der Waals surface area contributed by atoms with Gasteiger partial charge in [-0.25, -0.2) is 4.79 Å². The standard InChI is InChI=1S/C12H17NO4S/c14-10(9-2-1-5-17-9)13-8(12(15)16)6-18-11(13)7-3-4-7/h7-9,11H,1-6H2,(H,15,16)/t8?,9-,11?/m1/s1. The number of nitrogens with zero attached hydrogens (tertiary/aromatic N) is 1. The molecule has 0 aromatic carbocycles. The number of hydrogen-bond donors (Lipinski definition) is 1. The summed E-state index contributed by atoms with van der Waals surface area (Å²) in [4.78, 5) is 25.3. The number of carboxylic acids is 1. The van der Waals surface area contributed by atoms with E-state index in [1.165, 1.54) is 0 Å². The zero-order valence-electron chi connectivity index (χ0n) is 10.1. The van der Waals surface area contributed by atoms with Gasteiger partial charge in [-0.15, -0.1) is 11.8 Å². The van der Waals surface area contributed by atoms with Crippen LogP contribution in [0.15, 0.2) is 0 Å². The Bertz CT molecular complexity index is 365. The van der Waals surface area contributed by atoms with Crippen molar-refractivity contribution in [1.82, 2.24) is 4.90 Å². The number of carbonyl (C=O) groups excluding carboxylic acids is 1. The van der Waals surface area contributed by atoms with E-state index in [1.807, 2.05) is 0 Å². The average molecular weight is 271 g/mol. The van der Waals surface area contributed by atoms with Crippen molar-refractivity contribution in [3.63, 3.8) is 0 Å². The van der Waals surface area contributed by atoms with Gasteiger partial charge in [0.05, 0.1) is 5.37 Å². The van der Waals surface area contributed by atoms with E-state index in [2.05, 4.69) is 0 Å². The first-order valence-corrected chi connectivity index (χ1v) is 7.51. The Morgan fingerprint density at radius 3 is 2.61 bits per heavy atom. The van der Waals surface area contributed by atoms with Crippen LogP contribution < -0.4 is 0 Å². The van der Waals surface area contributed by atoms with Gasteiger partial charge in [0.25, 0.3) is 5.91 Å². The highest BCUT2D eigenvalue weighted by molar-refractivity contribution is 8.00. The number of rotatable bonds is 3. The third-order valence-electron chi connectivity index (χ3n) is 3.80. The monoisotopic (exact) mass is 271 g/mol. The van der Waals surface area contributed by atoms with Crippen molar-refractivity contribution < 1.29 is 19.4 Å². The van der Waals surface area contributed by atoms with Gasteiger partial charge < -0.3 is 14.7 Å². The molecule has 3 aliphatic rings. The van der Waals surface area contributed by atoms with Gasteiger partial charge in [-0.05, 0) is 31.6 Å². The predicted octanol–water partition coefficient (Wildman–Crippen LogP) is 0.930. The molecule has 3 rings (SSSR count). The van der Waals surface area contributed by atoms with Gasteiger partial charge in [-0.1, -0.05) is 0 Å². The fraction of sp³-hybridized carbons (Fsp3) is 0.833. The molecule has 5 nitrogen and oxygen atoms in total. The van der Waals surface area contributed by atoms with E-state index in [0.29, 0.717) is 18.3 Å². The summed E-state index contributed by atoms with van der Waals surface area (Å²) in [6.07, 6.45) is 3.43. The highest BCUT2D eigenvalue weighted by Crippen LogP contribution is 2.45. The summed E-state index contributed by atoms with van der Waals surface area (Å²) in [7, 11) is 0.